The fraction of sp³-hybridized carbons (Fsp3) is 0.0476. The molecule has 118 valence electrons. The lowest BCUT2D eigenvalue weighted by molar-refractivity contribution is 0.683. The standard InChI is InChI=1S/C21H17NOS/c23-24(18-11-5-2-6-12-18)21-16-22(15-17-9-3-1-4-10-17)20-14-8-7-13-19(20)21/h1-14,16H,15H2. The van der Waals surface area contributed by atoms with Crippen molar-refractivity contribution < 1.29 is 4.21 Å². The van der Waals surface area contributed by atoms with Gasteiger partial charge in [0.25, 0.3) is 0 Å². The highest BCUT2D eigenvalue weighted by molar-refractivity contribution is 7.85. The molecular weight excluding hydrogens is 314 g/mol. The number of aromatic nitrogens is 1. The number of nitrogens with zero attached hydrogens (tertiary/aromatic N) is 1. The van der Waals surface area contributed by atoms with Crippen LogP contribution in [0.2, 0.25) is 0 Å². The predicted octanol–water partition coefficient (Wildman–Crippen LogP) is 4.86. The van der Waals surface area contributed by atoms with Crippen LogP contribution in [0.15, 0.2) is 101 Å². The normalized spacial score (nSPS) is 12.3. The van der Waals surface area contributed by atoms with Gasteiger partial charge in [-0.05, 0) is 23.8 Å². The molecule has 0 fully saturated rings. The molecule has 2 nitrogen and oxygen atoms in total. The Kier molecular flexibility index (Phi) is 4.01. The minimum Gasteiger partial charge on any atom is -0.342 e. The summed E-state index contributed by atoms with van der Waals surface area (Å²) in [5.41, 5.74) is 2.34. The van der Waals surface area contributed by atoms with E-state index in [0.29, 0.717) is 0 Å². The molecule has 0 aliphatic carbocycles. The van der Waals surface area contributed by atoms with E-state index in [9.17, 15) is 4.21 Å². The van der Waals surface area contributed by atoms with Crippen LogP contribution in [0.25, 0.3) is 10.9 Å². The lowest BCUT2D eigenvalue weighted by Crippen LogP contribution is -1.97. The van der Waals surface area contributed by atoms with Crippen LogP contribution in [0, 0.1) is 0 Å². The van der Waals surface area contributed by atoms with Crippen molar-refractivity contribution in [1.29, 1.82) is 0 Å². The molecule has 3 aromatic carbocycles. The summed E-state index contributed by atoms with van der Waals surface area (Å²) in [6, 6.07) is 28.1. The average molecular weight is 331 g/mol. The van der Waals surface area contributed by atoms with Crippen LogP contribution >= 0.6 is 0 Å². The molecule has 0 aliphatic heterocycles. The van der Waals surface area contributed by atoms with Gasteiger partial charge in [0.05, 0.1) is 15.7 Å². The molecule has 1 heterocycles. The molecule has 4 aromatic rings. The number of hydrogen-bond acceptors (Lipinski definition) is 1. The van der Waals surface area contributed by atoms with Gasteiger partial charge in [0.2, 0.25) is 0 Å². The van der Waals surface area contributed by atoms with Gasteiger partial charge in [0.15, 0.2) is 0 Å². The molecule has 0 aliphatic rings. The van der Waals surface area contributed by atoms with Gasteiger partial charge in [-0.1, -0.05) is 66.7 Å². The second-order valence-electron chi connectivity index (χ2n) is 5.71. The molecule has 0 bridgehead atoms. The summed E-state index contributed by atoms with van der Waals surface area (Å²) in [4.78, 5) is 1.70. The highest BCUT2D eigenvalue weighted by Crippen LogP contribution is 2.28. The molecule has 0 saturated carbocycles. The molecule has 3 heteroatoms. The molecule has 1 atom stereocenters. The summed E-state index contributed by atoms with van der Waals surface area (Å²) in [5.74, 6) is 0. The van der Waals surface area contributed by atoms with E-state index in [2.05, 4.69) is 22.8 Å². The van der Waals surface area contributed by atoms with Gasteiger partial charge in [0.1, 0.15) is 0 Å². The lowest BCUT2D eigenvalue weighted by Gasteiger charge is -2.05. The van der Waals surface area contributed by atoms with Crippen molar-refractivity contribution in [3.63, 3.8) is 0 Å². The molecule has 24 heavy (non-hydrogen) atoms. The second-order valence-corrected chi connectivity index (χ2v) is 7.15. The average Bonchev–Trinajstić information content (AvgIpc) is 3.01. The number of rotatable bonds is 4. The van der Waals surface area contributed by atoms with E-state index in [0.717, 1.165) is 27.2 Å². The van der Waals surface area contributed by atoms with Crippen LogP contribution in [-0.2, 0) is 17.3 Å². The topological polar surface area (TPSA) is 22.0 Å². The molecule has 1 aromatic heterocycles. The Balaban J connectivity index is 1.81. The van der Waals surface area contributed by atoms with E-state index in [1.54, 1.807) is 0 Å². The molecule has 1 unspecified atom stereocenters. The van der Waals surface area contributed by atoms with E-state index in [1.807, 2.05) is 72.9 Å². The van der Waals surface area contributed by atoms with Gasteiger partial charge < -0.3 is 4.57 Å². The maximum Gasteiger partial charge on any atom is 0.0871 e. The van der Waals surface area contributed by atoms with Crippen LogP contribution in [0.1, 0.15) is 5.56 Å². The second kappa shape index (κ2) is 6.46. The van der Waals surface area contributed by atoms with E-state index in [1.165, 1.54) is 5.56 Å². The Bertz CT molecular complexity index is 990. The number of benzene rings is 3. The van der Waals surface area contributed by atoms with Crippen molar-refractivity contribution >= 4 is 21.7 Å². The minimum absolute atomic E-state index is 0.771. The molecule has 0 spiro atoms. The number of para-hydroxylation sites is 1. The molecule has 0 amide bonds. The largest absolute Gasteiger partial charge is 0.342 e. The van der Waals surface area contributed by atoms with E-state index in [4.69, 9.17) is 0 Å². The van der Waals surface area contributed by atoms with Crippen molar-refractivity contribution in [2.75, 3.05) is 0 Å². The van der Waals surface area contributed by atoms with Crippen LogP contribution in [-0.4, -0.2) is 8.78 Å². The van der Waals surface area contributed by atoms with Crippen LogP contribution < -0.4 is 0 Å². The first-order chi connectivity index (χ1) is 11.8. The van der Waals surface area contributed by atoms with Gasteiger partial charge in [-0.2, -0.15) is 0 Å². The smallest absolute Gasteiger partial charge is 0.0871 e. The van der Waals surface area contributed by atoms with Gasteiger partial charge >= 0.3 is 0 Å². The first kappa shape index (κ1) is 14.9. The highest BCUT2D eigenvalue weighted by Gasteiger charge is 2.15. The summed E-state index contributed by atoms with van der Waals surface area (Å²) < 4.78 is 15.2. The van der Waals surface area contributed by atoms with Crippen molar-refractivity contribution in [2.45, 2.75) is 16.3 Å². The Morgan fingerprint density at radius 3 is 2.12 bits per heavy atom. The van der Waals surface area contributed by atoms with Crippen LogP contribution in [0.4, 0.5) is 0 Å². The molecular formula is C21H17NOS. The molecule has 4 rings (SSSR count). The molecule has 0 N–H and O–H groups in total. The highest BCUT2D eigenvalue weighted by atomic mass is 32.2. The Labute approximate surface area is 143 Å². The first-order valence-corrected chi connectivity index (χ1v) is 9.06. The van der Waals surface area contributed by atoms with Gasteiger partial charge in [-0.15, -0.1) is 0 Å². The predicted molar refractivity (Wildman–Crippen MR) is 98.6 cm³/mol. The summed E-state index contributed by atoms with van der Waals surface area (Å²) in [6.07, 6.45) is 2.03. The lowest BCUT2D eigenvalue weighted by atomic mass is 10.2. The quantitative estimate of drug-likeness (QED) is 0.523. The van der Waals surface area contributed by atoms with Crippen LogP contribution in [0.3, 0.4) is 0 Å². The summed E-state index contributed by atoms with van der Waals surface area (Å²) >= 11 is 0. The third-order valence-electron chi connectivity index (χ3n) is 4.10. The zero-order chi connectivity index (χ0) is 16.4. The van der Waals surface area contributed by atoms with Crippen molar-refractivity contribution in [3.05, 3.63) is 96.7 Å². The SMILES string of the molecule is O=S(c1ccccc1)c1cn(Cc2ccccc2)c2ccccc12. The minimum atomic E-state index is -1.18. The summed E-state index contributed by atoms with van der Waals surface area (Å²) in [6.45, 7) is 0.771. The number of hydrogen-bond donors (Lipinski definition) is 0. The zero-order valence-electron chi connectivity index (χ0n) is 13.1. The van der Waals surface area contributed by atoms with E-state index < -0.39 is 10.8 Å². The maximum atomic E-state index is 13.0. The Morgan fingerprint density at radius 2 is 1.38 bits per heavy atom. The fourth-order valence-corrected chi connectivity index (χ4v) is 4.20. The Morgan fingerprint density at radius 1 is 0.750 bits per heavy atom. The first-order valence-electron chi connectivity index (χ1n) is 7.91. The molecule has 0 radical (unpaired) electrons. The van der Waals surface area contributed by atoms with E-state index in [-0.39, 0.29) is 0 Å². The van der Waals surface area contributed by atoms with Gasteiger partial charge in [0, 0.05) is 28.5 Å². The fourth-order valence-electron chi connectivity index (χ4n) is 2.94. The molecule has 0 saturated heterocycles. The summed E-state index contributed by atoms with van der Waals surface area (Å²) in [5, 5.41) is 1.05. The zero-order valence-corrected chi connectivity index (χ0v) is 13.9. The monoisotopic (exact) mass is 331 g/mol. The van der Waals surface area contributed by atoms with Gasteiger partial charge in [-0.3, -0.25) is 0 Å². The number of fused-ring (bicyclic) bond motifs is 1. The summed E-state index contributed by atoms with van der Waals surface area (Å²) in [7, 11) is -1.18. The Hall–Kier alpha value is -2.65. The van der Waals surface area contributed by atoms with Crippen molar-refractivity contribution in [2.24, 2.45) is 0 Å². The third kappa shape index (κ3) is 2.79. The third-order valence-corrected chi connectivity index (χ3v) is 5.53. The van der Waals surface area contributed by atoms with Crippen LogP contribution in [0.5, 0.6) is 0 Å². The van der Waals surface area contributed by atoms with E-state index >= 15 is 0 Å². The van der Waals surface area contributed by atoms with Crippen molar-refractivity contribution in [3.8, 4) is 0 Å². The van der Waals surface area contributed by atoms with Gasteiger partial charge in [-0.25, -0.2) is 4.21 Å². The van der Waals surface area contributed by atoms with Crippen molar-refractivity contribution in [1.82, 2.24) is 4.57 Å². The maximum absolute atomic E-state index is 13.0.